The van der Waals surface area contributed by atoms with E-state index in [1.54, 1.807) is 13.8 Å². The number of carbonyl (C=O) groups is 2. The number of nitrogens with one attached hydrogen (secondary N) is 2. The molecule has 0 aliphatic heterocycles. The van der Waals surface area contributed by atoms with Gasteiger partial charge in [-0.3, -0.25) is 9.59 Å². The Bertz CT molecular complexity index is 581. The number of aryl methyl sites for hydroxylation is 2. The van der Waals surface area contributed by atoms with Gasteiger partial charge < -0.3 is 15.4 Å². The topological polar surface area (TPSA) is 112 Å². The van der Waals surface area contributed by atoms with Gasteiger partial charge in [-0.25, -0.2) is 4.79 Å². The third kappa shape index (κ3) is 5.31. The molecule has 3 N–H and O–H groups in total. The number of carbonyl (C=O) groups excluding carboxylic acids is 1. The highest BCUT2D eigenvalue weighted by molar-refractivity contribution is 5.77. The van der Waals surface area contributed by atoms with Gasteiger partial charge in [0.05, 0.1) is 6.42 Å². The zero-order chi connectivity index (χ0) is 16.9. The summed E-state index contributed by atoms with van der Waals surface area (Å²) in [5, 5.41) is 11.6. The van der Waals surface area contributed by atoms with Crippen LogP contribution in [0.1, 0.15) is 43.6 Å². The SMILES string of the molecule is Cc1nc(=O)[nH]c(C)c1CCC(=O)N[C@@H](CC(=O)O)C(C)C. The number of amides is 1. The highest BCUT2D eigenvalue weighted by Gasteiger charge is 2.19. The summed E-state index contributed by atoms with van der Waals surface area (Å²) >= 11 is 0. The molecule has 22 heavy (non-hydrogen) atoms. The first kappa shape index (κ1) is 17.9. The standard InChI is InChI=1S/C15H23N3O4/c1-8(2)12(7-14(20)21)18-13(19)6-5-11-9(3)16-15(22)17-10(11)4/h8,12H,5-7H2,1-4H3,(H,18,19)(H,20,21)(H,16,17,22)/t12-/m0/s1. The number of nitrogens with zero attached hydrogens (tertiary/aromatic N) is 1. The van der Waals surface area contributed by atoms with Crippen molar-refractivity contribution in [2.75, 3.05) is 0 Å². The normalized spacial score (nSPS) is 12.2. The monoisotopic (exact) mass is 309 g/mol. The van der Waals surface area contributed by atoms with Crippen molar-refractivity contribution in [3.8, 4) is 0 Å². The van der Waals surface area contributed by atoms with E-state index in [1.165, 1.54) is 0 Å². The lowest BCUT2D eigenvalue weighted by Gasteiger charge is -2.20. The summed E-state index contributed by atoms with van der Waals surface area (Å²) in [4.78, 5) is 40.5. The molecule has 0 aliphatic carbocycles. The average molecular weight is 309 g/mol. The van der Waals surface area contributed by atoms with Gasteiger partial charge in [0.25, 0.3) is 0 Å². The fourth-order valence-electron chi connectivity index (χ4n) is 2.28. The third-order valence-electron chi connectivity index (χ3n) is 3.60. The molecule has 0 spiro atoms. The van der Waals surface area contributed by atoms with Crippen LogP contribution in [0, 0.1) is 19.8 Å². The molecule has 0 unspecified atom stereocenters. The van der Waals surface area contributed by atoms with Crippen LogP contribution in [0.3, 0.4) is 0 Å². The number of hydrogen-bond donors (Lipinski definition) is 3. The number of aromatic nitrogens is 2. The molecule has 1 rings (SSSR count). The lowest BCUT2D eigenvalue weighted by Crippen LogP contribution is -2.40. The van der Waals surface area contributed by atoms with E-state index >= 15 is 0 Å². The molecule has 1 amide bonds. The highest BCUT2D eigenvalue weighted by atomic mass is 16.4. The molecule has 0 saturated heterocycles. The number of aromatic amines is 1. The van der Waals surface area contributed by atoms with E-state index in [9.17, 15) is 14.4 Å². The first-order valence-electron chi connectivity index (χ1n) is 7.28. The van der Waals surface area contributed by atoms with Gasteiger partial charge >= 0.3 is 11.7 Å². The summed E-state index contributed by atoms with van der Waals surface area (Å²) in [7, 11) is 0. The van der Waals surface area contributed by atoms with Crippen LogP contribution in [-0.2, 0) is 16.0 Å². The summed E-state index contributed by atoms with van der Waals surface area (Å²) < 4.78 is 0. The van der Waals surface area contributed by atoms with Crippen LogP contribution in [-0.4, -0.2) is 33.0 Å². The average Bonchev–Trinajstić information content (AvgIpc) is 2.35. The lowest BCUT2D eigenvalue weighted by molar-refractivity contribution is -0.138. The second-order valence-corrected chi connectivity index (χ2v) is 5.75. The van der Waals surface area contributed by atoms with Gasteiger partial charge in [-0.2, -0.15) is 4.98 Å². The Balaban J connectivity index is 2.66. The molecule has 0 radical (unpaired) electrons. The first-order chi connectivity index (χ1) is 10.2. The summed E-state index contributed by atoms with van der Waals surface area (Å²) in [6, 6.07) is -0.388. The maximum absolute atomic E-state index is 12.0. The van der Waals surface area contributed by atoms with Gasteiger partial charge in [-0.1, -0.05) is 13.8 Å². The van der Waals surface area contributed by atoms with Crippen molar-refractivity contribution in [3.63, 3.8) is 0 Å². The molecule has 0 bridgehead atoms. The van der Waals surface area contributed by atoms with Gasteiger partial charge in [-0.05, 0) is 31.7 Å². The van der Waals surface area contributed by atoms with Crippen molar-refractivity contribution in [3.05, 3.63) is 27.4 Å². The van der Waals surface area contributed by atoms with Crippen molar-refractivity contribution in [1.82, 2.24) is 15.3 Å². The Hall–Kier alpha value is -2.18. The van der Waals surface area contributed by atoms with Crippen LogP contribution < -0.4 is 11.0 Å². The van der Waals surface area contributed by atoms with E-state index in [1.807, 2.05) is 13.8 Å². The fraction of sp³-hybridized carbons (Fsp3) is 0.600. The molecule has 7 heteroatoms. The number of aliphatic carboxylic acids is 1. The van der Waals surface area contributed by atoms with Crippen LogP contribution in [0.25, 0.3) is 0 Å². The van der Waals surface area contributed by atoms with E-state index in [2.05, 4.69) is 15.3 Å². The Morgan fingerprint density at radius 3 is 2.45 bits per heavy atom. The number of carboxylic acid groups (broad SMARTS) is 1. The molecule has 0 aromatic carbocycles. The van der Waals surface area contributed by atoms with Gasteiger partial charge in [0.15, 0.2) is 0 Å². The zero-order valence-electron chi connectivity index (χ0n) is 13.4. The maximum atomic E-state index is 12.0. The van der Waals surface area contributed by atoms with E-state index in [-0.39, 0.29) is 30.7 Å². The number of H-pyrrole nitrogens is 1. The second kappa shape index (κ2) is 7.72. The van der Waals surface area contributed by atoms with Crippen LogP contribution in [0.15, 0.2) is 4.79 Å². The predicted octanol–water partition coefficient (Wildman–Crippen LogP) is 0.935. The Kier molecular flexibility index (Phi) is 6.27. The molecule has 0 fully saturated rings. The summed E-state index contributed by atoms with van der Waals surface area (Å²) in [6.45, 7) is 7.24. The van der Waals surface area contributed by atoms with Gasteiger partial charge in [0.2, 0.25) is 5.91 Å². The molecule has 0 saturated carbocycles. The molecular weight excluding hydrogens is 286 g/mol. The predicted molar refractivity (Wildman–Crippen MR) is 81.7 cm³/mol. The lowest BCUT2D eigenvalue weighted by atomic mass is 10.00. The Morgan fingerprint density at radius 2 is 1.95 bits per heavy atom. The largest absolute Gasteiger partial charge is 0.481 e. The highest BCUT2D eigenvalue weighted by Crippen LogP contribution is 2.11. The van der Waals surface area contributed by atoms with E-state index < -0.39 is 11.7 Å². The van der Waals surface area contributed by atoms with Crippen molar-refractivity contribution >= 4 is 11.9 Å². The fourth-order valence-corrected chi connectivity index (χ4v) is 2.28. The molecule has 7 nitrogen and oxygen atoms in total. The number of hydrogen-bond acceptors (Lipinski definition) is 4. The first-order valence-corrected chi connectivity index (χ1v) is 7.28. The van der Waals surface area contributed by atoms with Gasteiger partial charge in [-0.15, -0.1) is 0 Å². The Morgan fingerprint density at radius 1 is 1.32 bits per heavy atom. The zero-order valence-corrected chi connectivity index (χ0v) is 13.4. The summed E-state index contributed by atoms with van der Waals surface area (Å²) in [6.07, 6.45) is 0.574. The van der Waals surface area contributed by atoms with E-state index in [0.717, 1.165) is 5.56 Å². The van der Waals surface area contributed by atoms with Crippen LogP contribution in [0.4, 0.5) is 0 Å². The van der Waals surface area contributed by atoms with Crippen molar-refractivity contribution in [2.45, 2.75) is 53.0 Å². The van der Waals surface area contributed by atoms with Crippen LogP contribution in [0.2, 0.25) is 0 Å². The van der Waals surface area contributed by atoms with E-state index in [0.29, 0.717) is 17.8 Å². The smallest absolute Gasteiger partial charge is 0.345 e. The summed E-state index contributed by atoms with van der Waals surface area (Å²) in [5.74, 6) is -1.10. The number of rotatable bonds is 7. The third-order valence-corrected chi connectivity index (χ3v) is 3.60. The van der Waals surface area contributed by atoms with Crippen LogP contribution >= 0.6 is 0 Å². The summed E-state index contributed by atoms with van der Waals surface area (Å²) in [5.41, 5.74) is 1.76. The minimum Gasteiger partial charge on any atom is -0.481 e. The molecule has 1 aromatic rings. The second-order valence-electron chi connectivity index (χ2n) is 5.75. The number of carboxylic acids is 1. The van der Waals surface area contributed by atoms with Gasteiger partial charge in [0.1, 0.15) is 0 Å². The minimum atomic E-state index is -0.935. The quantitative estimate of drug-likeness (QED) is 0.694. The minimum absolute atomic E-state index is 0.0401. The Labute approximate surface area is 129 Å². The molecule has 1 aromatic heterocycles. The molecule has 1 atom stereocenters. The molecule has 0 aliphatic rings. The van der Waals surface area contributed by atoms with Crippen LogP contribution in [0.5, 0.6) is 0 Å². The molecule has 1 heterocycles. The molecule has 122 valence electrons. The van der Waals surface area contributed by atoms with Crippen molar-refractivity contribution in [1.29, 1.82) is 0 Å². The molecular formula is C15H23N3O4. The van der Waals surface area contributed by atoms with E-state index in [4.69, 9.17) is 5.11 Å². The van der Waals surface area contributed by atoms with Gasteiger partial charge in [0, 0.05) is 23.9 Å². The van der Waals surface area contributed by atoms with Crippen molar-refractivity contribution in [2.24, 2.45) is 5.92 Å². The van der Waals surface area contributed by atoms with Crippen molar-refractivity contribution < 1.29 is 14.7 Å². The maximum Gasteiger partial charge on any atom is 0.345 e.